The van der Waals surface area contributed by atoms with Gasteiger partial charge in [0.1, 0.15) is 5.15 Å². The molecule has 1 heterocycles. The molecule has 20 heavy (non-hydrogen) atoms. The van der Waals surface area contributed by atoms with Crippen LogP contribution in [0.25, 0.3) is 0 Å². The molecule has 0 aliphatic rings. The van der Waals surface area contributed by atoms with Gasteiger partial charge < -0.3 is 20.1 Å². The number of hydrogen-bond acceptors (Lipinski definition) is 2. The quantitative estimate of drug-likeness (QED) is 0.622. The molecule has 0 saturated heterocycles. The third kappa shape index (κ3) is 4.89. The number of nitrogens with zero attached hydrogens (tertiary/aromatic N) is 3. The van der Waals surface area contributed by atoms with E-state index in [1.807, 2.05) is 17.7 Å². The van der Waals surface area contributed by atoms with Gasteiger partial charge in [0.25, 0.3) is 0 Å². The number of aliphatic imine (C=N–C) groups is 1. The van der Waals surface area contributed by atoms with Crippen LogP contribution in [0.3, 0.4) is 0 Å². The first kappa shape index (κ1) is 17.1. The van der Waals surface area contributed by atoms with Crippen molar-refractivity contribution in [2.24, 2.45) is 12.0 Å². The molecule has 0 atom stereocenters. The third-order valence-corrected chi connectivity index (χ3v) is 4.04. The number of nitrogens with one attached hydrogen (secondary N) is 2. The topological polar surface area (TPSA) is 44.6 Å². The van der Waals surface area contributed by atoms with Crippen LogP contribution >= 0.6 is 23.2 Å². The molecule has 0 aliphatic carbocycles. The third-order valence-electron chi connectivity index (χ3n) is 3.20. The van der Waals surface area contributed by atoms with Crippen LogP contribution in [0, 0.1) is 0 Å². The van der Waals surface area contributed by atoms with Crippen molar-refractivity contribution in [3.8, 4) is 0 Å². The van der Waals surface area contributed by atoms with Gasteiger partial charge in [0.15, 0.2) is 5.96 Å². The number of hydrogen-bond donors (Lipinski definition) is 2. The summed E-state index contributed by atoms with van der Waals surface area (Å²) in [6.07, 6.45) is 0. The zero-order chi connectivity index (χ0) is 15.1. The van der Waals surface area contributed by atoms with Crippen molar-refractivity contribution in [2.45, 2.75) is 13.5 Å². The highest BCUT2D eigenvalue weighted by Gasteiger charge is 2.09. The molecular formula is C13H23Cl2N5. The molecule has 0 bridgehead atoms. The molecule has 0 aliphatic heterocycles. The monoisotopic (exact) mass is 319 g/mol. The normalized spacial score (nSPS) is 12.1. The van der Waals surface area contributed by atoms with Crippen LogP contribution in [0.4, 0.5) is 0 Å². The Hall–Kier alpha value is -0.910. The Kier molecular flexibility index (Phi) is 7.19. The van der Waals surface area contributed by atoms with E-state index in [4.69, 9.17) is 23.2 Å². The van der Waals surface area contributed by atoms with Gasteiger partial charge in [-0.3, -0.25) is 4.99 Å². The lowest BCUT2D eigenvalue weighted by Crippen LogP contribution is -2.40. The minimum Gasteiger partial charge on any atom is -0.355 e. The summed E-state index contributed by atoms with van der Waals surface area (Å²) in [4.78, 5) is 6.42. The van der Waals surface area contributed by atoms with E-state index < -0.39 is 0 Å². The lowest BCUT2D eigenvalue weighted by molar-refractivity contribution is 0.357. The Balaban J connectivity index is 2.44. The largest absolute Gasteiger partial charge is 0.355 e. The second-order valence-corrected chi connectivity index (χ2v) is 5.35. The van der Waals surface area contributed by atoms with Gasteiger partial charge in [-0.1, -0.05) is 30.1 Å². The van der Waals surface area contributed by atoms with Crippen molar-refractivity contribution in [2.75, 3.05) is 33.7 Å². The average molecular weight is 320 g/mol. The molecule has 7 heteroatoms. The van der Waals surface area contributed by atoms with Gasteiger partial charge in [-0.2, -0.15) is 0 Å². The Labute approximate surface area is 130 Å². The van der Waals surface area contributed by atoms with E-state index in [-0.39, 0.29) is 0 Å². The molecule has 1 aromatic heterocycles. The van der Waals surface area contributed by atoms with E-state index in [0.29, 0.717) is 16.7 Å². The molecular weight excluding hydrogens is 297 g/mol. The summed E-state index contributed by atoms with van der Waals surface area (Å²) in [5, 5.41) is 7.63. The van der Waals surface area contributed by atoms with Gasteiger partial charge in [0, 0.05) is 32.9 Å². The fraction of sp³-hybridized carbons (Fsp3) is 0.615. The summed E-state index contributed by atoms with van der Waals surface area (Å²) in [6, 6.07) is 1.86. The van der Waals surface area contributed by atoms with E-state index in [1.165, 1.54) is 0 Å². The van der Waals surface area contributed by atoms with Crippen LogP contribution < -0.4 is 10.6 Å². The van der Waals surface area contributed by atoms with Gasteiger partial charge in [-0.05, 0) is 19.7 Å². The van der Waals surface area contributed by atoms with E-state index in [9.17, 15) is 0 Å². The minimum absolute atomic E-state index is 0.552. The SMILES string of the molecule is CCN(C)CCNC(=NC)NCc1cc(Cl)c(Cl)n1C. The molecule has 2 N–H and O–H groups in total. The Morgan fingerprint density at radius 1 is 1.40 bits per heavy atom. The lowest BCUT2D eigenvalue weighted by atomic mass is 10.4. The number of aromatic nitrogens is 1. The van der Waals surface area contributed by atoms with Crippen LogP contribution in [0.1, 0.15) is 12.6 Å². The van der Waals surface area contributed by atoms with Crippen molar-refractivity contribution in [3.05, 3.63) is 21.9 Å². The van der Waals surface area contributed by atoms with Gasteiger partial charge in [-0.15, -0.1) is 0 Å². The molecule has 1 aromatic rings. The first-order chi connectivity index (χ1) is 9.49. The minimum atomic E-state index is 0.552. The summed E-state index contributed by atoms with van der Waals surface area (Å²) in [6.45, 7) is 5.61. The van der Waals surface area contributed by atoms with E-state index in [2.05, 4.69) is 34.5 Å². The summed E-state index contributed by atoms with van der Waals surface area (Å²) in [7, 11) is 5.73. The Morgan fingerprint density at radius 2 is 2.10 bits per heavy atom. The standard InChI is InChI=1S/C13H23Cl2N5/c1-5-19(3)7-6-17-13(16-2)18-9-10-8-11(14)12(15)20(10)4/h8H,5-7,9H2,1-4H3,(H2,16,17,18). The van der Waals surface area contributed by atoms with Gasteiger partial charge >= 0.3 is 0 Å². The molecule has 0 fully saturated rings. The van der Waals surface area contributed by atoms with E-state index >= 15 is 0 Å². The zero-order valence-electron chi connectivity index (χ0n) is 12.5. The van der Waals surface area contributed by atoms with Crippen molar-refractivity contribution in [3.63, 3.8) is 0 Å². The second kappa shape index (κ2) is 8.39. The lowest BCUT2D eigenvalue weighted by Gasteiger charge is -2.16. The van der Waals surface area contributed by atoms with E-state index in [1.54, 1.807) is 7.05 Å². The maximum Gasteiger partial charge on any atom is 0.191 e. The first-order valence-corrected chi connectivity index (χ1v) is 7.37. The smallest absolute Gasteiger partial charge is 0.191 e. The average Bonchev–Trinajstić information content (AvgIpc) is 2.69. The predicted octanol–water partition coefficient (Wildman–Crippen LogP) is 1.95. The fourth-order valence-electron chi connectivity index (χ4n) is 1.68. The molecule has 114 valence electrons. The van der Waals surface area contributed by atoms with E-state index in [0.717, 1.165) is 31.3 Å². The molecule has 0 saturated carbocycles. The summed E-state index contributed by atoms with van der Waals surface area (Å²) in [5.74, 6) is 0.767. The molecule has 5 nitrogen and oxygen atoms in total. The fourth-order valence-corrected chi connectivity index (χ4v) is 2.09. The van der Waals surface area contributed by atoms with Crippen molar-refractivity contribution in [1.29, 1.82) is 0 Å². The molecule has 0 unspecified atom stereocenters. The number of likely N-dealkylation sites (N-methyl/N-ethyl adjacent to an activating group) is 1. The highest BCUT2D eigenvalue weighted by atomic mass is 35.5. The van der Waals surface area contributed by atoms with Crippen LogP contribution in [0.5, 0.6) is 0 Å². The van der Waals surface area contributed by atoms with Gasteiger partial charge in [-0.25, -0.2) is 0 Å². The summed E-state index contributed by atoms with van der Waals surface area (Å²) >= 11 is 12.0. The second-order valence-electron chi connectivity index (χ2n) is 4.58. The van der Waals surface area contributed by atoms with Crippen LogP contribution in [-0.4, -0.2) is 49.2 Å². The number of rotatable bonds is 6. The Morgan fingerprint density at radius 3 is 2.60 bits per heavy atom. The van der Waals surface area contributed by atoms with Gasteiger partial charge in [0.2, 0.25) is 0 Å². The Bertz CT molecular complexity index is 456. The van der Waals surface area contributed by atoms with Gasteiger partial charge in [0.05, 0.1) is 11.6 Å². The highest BCUT2D eigenvalue weighted by Crippen LogP contribution is 2.24. The molecule has 0 radical (unpaired) electrons. The number of guanidine groups is 1. The molecule has 1 rings (SSSR count). The maximum atomic E-state index is 6.03. The zero-order valence-corrected chi connectivity index (χ0v) is 14.0. The van der Waals surface area contributed by atoms with Crippen LogP contribution in [0.2, 0.25) is 10.2 Å². The van der Waals surface area contributed by atoms with Crippen molar-refractivity contribution in [1.82, 2.24) is 20.1 Å². The molecule has 0 aromatic carbocycles. The highest BCUT2D eigenvalue weighted by molar-refractivity contribution is 6.41. The molecule has 0 spiro atoms. The summed E-state index contributed by atoms with van der Waals surface area (Å²) < 4.78 is 1.86. The van der Waals surface area contributed by atoms with Crippen molar-refractivity contribution < 1.29 is 0 Å². The summed E-state index contributed by atoms with van der Waals surface area (Å²) in [5.41, 5.74) is 1.01. The van der Waals surface area contributed by atoms with Crippen molar-refractivity contribution >= 4 is 29.2 Å². The first-order valence-electron chi connectivity index (χ1n) is 6.62. The van der Waals surface area contributed by atoms with Crippen LogP contribution in [-0.2, 0) is 13.6 Å². The molecule has 0 amide bonds. The van der Waals surface area contributed by atoms with Crippen LogP contribution in [0.15, 0.2) is 11.1 Å². The predicted molar refractivity (Wildman–Crippen MR) is 86.8 cm³/mol. The number of halogens is 2. The maximum absolute atomic E-state index is 6.03.